The van der Waals surface area contributed by atoms with Gasteiger partial charge in [-0.15, -0.1) is 5.10 Å². The largest absolute Gasteiger partial charge is 0.346 e. The van der Waals surface area contributed by atoms with Crippen molar-refractivity contribution in [3.63, 3.8) is 0 Å². The zero-order valence-corrected chi connectivity index (χ0v) is 7.00. The molecule has 0 spiro atoms. The average molecular weight is 155 g/mol. The standard InChI is InChI=1S/C6H13N5/c1-4(7)5-8-6(10-9-5)11(2)3/h4H,7H2,1-3H3,(H,8,9,10)/t4-/m0/s1. The van der Waals surface area contributed by atoms with E-state index in [0.29, 0.717) is 11.8 Å². The van der Waals surface area contributed by atoms with E-state index >= 15 is 0 Å². The molecule has 0 bridgehead atoms. The maximum atomic E-state index is 5.57. The van der Waals surface area contributed by atoms with Crippen LogP contribution >= 0.6 is 0 Å². The Hall–Kier alpha value is -1.10. The molecule has 11 heavy (non-hydrogen) atoms. The Balaban J connectivity index is 2.82. The highest BCUT2D eigenvalue weighted by Gasteiger charge is 2.06. The minimum atomic E-state index is -0.0869. The van der Waals surface area contributed by atoms with Crippen LogP contribution in [0.3, 0.4) is 0 Å². The van der Waals surface area contributed by atoms with E-state index in [0.717, 1.165) is 0 Å². The van der Waals surface area contributed by atoms with E-state index in [4.69, 9.17) is 5.73 Å². The first-order chi connectivity index (χ1) is 5.11. The zero-order valence-electron chi connectivity index (χ0n) is 7.00. The molecule has 0 aromatic carbocycles. The topological polar surface area (TPSA) is 70.8 Å². The van der Waals surface area contributed by atoms with Gasteiger partial charge in [0.1, 0.15) is 5.82 Å². The van der Waals surface area contributed by atoms with Crippen molar-refractivity contribution >= 4 is 5.95 Å². The van der Waals surface area contributed by atoms with E-state index in [1.165, 1.54) is 0 Å². The van der Waals surface area contributed by atoms with Crippen molar-refractivity contribution in [3.05, 3.63) is 5.82 Å². The lowest BCUT2D eigenvalue weighted by Gasteiger charge is -2.03. The molecule has 0 saturated carbocycles. The number of aromatic amines is 1. The molecular formula is C6H13N5. The Bertz CT molecular complexity index is 204. The molecule has 5 nitrogen and oxygen atoms in total. The van der Waals surface area contributed by atoms with Crippen LogP contribution in [0.15, 0.2) is 0 Å². The van der Waals surface area contributed by atoms with Crippen LogP contribution < -0.4 is 10.6 Å². The Morgan fingerprint density at radius 1 is 1.55 bits per heavy atom. The van der Waals surface area contributed by atoms with Gasteiger partial charge in [0, 0.05) is 14.1 Å². The van der Waals surface area contributed by atoms with Crippen LogP contribution in [0.1, 0.15) is 18.8 Å². The third-order valence-electron chi connectivity index (χ3n) is 1.32. The number of nitrogens with one attached hydrogen (secondary N) is 1. The highest BCUT2D eigenvalue weighted by atomic mass is 15.3. The summed E-state index contributed by atoms with van der Waals surface area (Å²) in [4.78, 5) is 5.97. The van der Waals surface area contributed by atoms with Crippen molar-refractivity contribution in [1.82, 2.24) is 15.2 Å². The molecule has 0 amide bonds. The average Bonchev–Trinajstić information content (AvgIpc) is 2.33. The Labute approximate surface area is 65.6 Å². The first-order valence-electron chi connectivity index (χ1n) is 3.46. The number of nitrogens with two attached hydrogens (primary N) is 1. The summed E-state index contributed by atoms with van der Waals surface area (Å²) in [6, 6.07) is -0.0869. The normalized spacial score (nSPS) is 13.1. The number of hydrogen-bond donors (Lipinski definition) is 2. The number of nitrogens with zero attached hydrogens (tertiary/aromatic N) is 3. The van der Waals surface area contributed by atoms with Crippen molar-refractivity contribution in [2.24, 2.45) is 5.73 Å². The van der Waals surface area contributed by atoms with Gasteiger partial charge in [-0.1, -0.05) is 0 Å². The maximum absolute atomic E-state index is 5.57. The number of aromatic nitrogens is 3. The Kier molecular flexibility index (Phi) is 2.09. The highest BCUT2D eigenvalue weighted by molar-refractivity contribution is 5.25. The first kappa shape index (κ1) is 8.00. The summed E-state index contributed by atoms with van der Waals surface area (Å²) in [7, 11) is 3.77. The lowest BCUT2D eigenvalue weighted by Crippen LogP contribution is -2.11. The lowest BCUT2D eigenvalue weighted by molar-refractivity contribution is 0.745. The molecule has 0 aliphatic heterocycles. The van der Waals surface area contributed by atoms with Gasteiger partial charge in [0.15, 0.2) is 0 Å². The molecule has 62 valence electrons. The van der Waals surface area contributed by atoms with Crippen molar-refractivity contribution in [2.45, 2.75) is 13.0 Å². The molecule has 1 rings (SSSR count). The van der Waals surface area contributed by atoms with Crippen LogP contribution in [-0.4, -0.2) is 29.3 Å². The molecule has 0 saturated heterocycles. The number of rotatable bonds is 2. The fourth-order valence-corrected chi connectivity index (χ4v) is 0.669. The summed E-state index contributed by atoms with van der Waals surface area (Å²) in [5.74, 6) is 1.38. The zero-order chi connectivity index (χ0) is 8.43. The lowest BCUT2D eigenvalue weighted by atomic mass is 10.3. The Morgan fingerprint density at radius 2 is 2.18 bits per heavy atom. The molecule has 0 aliphatic carbocycles. The molecule has 0 aliphatic rings. The fraction of sp³-hybridized carbons (Fsp3) is 0.667. The summed E-state index contributed by atoms with van der Waals surface area (Å²) in [6.07, 6.45) is 0. The smallest absolute Gasteiger partial charge is 0.244 e. The van der Waals surface area contributed by atoms with Crippen LogP contribution in [0.4, 0.5) is 5.95 Å². The molecule has 5 heteroatoms. The summed E-state index contributed by atoms with van der Waals surface area (Å²) in [6.45, 7) is 1.86. The predicted octanol–water partition coefficient (Wildman–Crippen LogP) is -0.110. The summed E-state index contributed by atoms with van der Waals surface area (Å²) in [5.41, 5.74) is 5.57. The minimum Gasteiger partial charge on any atom is -0.346 e. The maximum Gasteiger partial charge on any atom is 0.244 e. The quantitative estimate of drug-likeness (QED) is 0.625. The molecule has 0 unspecified atom stereocenters. The minimum absolute atomic E-state index is 0.0869. The van der Waals surface area contributed by atoms with Crippen LogP contribution in [0.25, 0.3) is 0 Å². The van der Waals surface area contributed by atoms with Crippen LogP contribution in [0, 0.1) is 0 Å². The van der Waals surface area contributed by atoms with E-state index in [-0.39, 0.29) is 6.04 Å². The van der Waals surface area contributed by atoms with Crippen molar-refractivity contribution in [3.8, 4) is 0 Å². The molecule has 3 N–H and O–H groups in total. The fourth-order valence-electron chi connectivity index (χ4n) is 0.669. The number of anilines is 1. The molecular weight excluding hydrogens is 142 g/mol. The third kappa shape index (κ3) is 1.68. The Morgan fingerprint density at radius 3 is 2.45 bits per heavy atom. The van der Waals surface area contributed by atoms with Crippen molar-refractivity contribution < 1.29 is 0 Å². The molecule has 1 aromatic heterocycles. The second-order valence-corrected chi connectivity index (χ2v) is 2.70. The van der Waals surface area contributed by atoms with Gasteiger partial charge in [-0.2, -0.15) is 4.98 Å². The van der Waals surface area contributed by atoms with Gasteiger partial charge < -0.3 is 10.6 Å². The second-order valence-electron chi connectivity index (χ2n) is 2.70. The second kappa shape index (κ2) is 2.87. The number of hydrogen-bond acceptors (Lipinski definition) is 4. The number of H-pyrrole nitrogens is 1. The molecule has 1 aromatic rings. The third-order valence-corrected chi connectivity index (χ3v) is 1.32. The molecule has 0 fully saturated rings. The van der Waals surface area contributed by atoms with Crippen molar-refractivity contribution in [2.75, 3.05) is 19.0 Å². The molecule has 1 atom stereocenters. The van der Waals surface area contributed by atoms with Crippen LogP contribution in [-0.2, 0) is 0 Å². The molecule has 1 heterocycles. The van der Waals surface area contributed by atoms with Gasteiger partial charge in [0.2, 0.25) is 5.95 Å². The van der Waals surface area contributed by atoms with Gasteiger partial charge in [-0.25, -0.2) is 0 Å². The van der Waals surface area contributed by atoms with Gasteiger partial charge in [0.25, 0.3) is 0 Å². The van der Waals surface area contributed by atoms with Crippen molar-refractivity contribution in [1.29, 1.82) is 0 Å². The summed E-state index contributed by atoms with van der Waals surface area (Å²) < 4.78 is 0. The van der Waals surface area contributed by atoms with Gasteiger partial charge in [0.05, 0.1) is 6.04 Å². The van der Waals surface area contributed by atoms with E-state index < -0.39 is 0 Å². The van der Waals surface area contributed by atoms with E-state index in [1.807, 2.05) is 25.9 Å². The van der Waals surface area contributed by atoms with E-state index in [1.54, 1.807) is 0 Å². The van der Waals surface area contributed by atoms with E-state index in [2.05, 4.69) is 15.2 Å². The summed E-state index contributed by atoms with van der Waals surface area (Å²) >= 11 is 0. The van der Waals surface area contributed by atoms with Crippen LogP contribution in [0.5, 0.6) is 0 Å². The first-order valence-corrected chi connectivity index (χ1v) is 3.46. The van der Waals surface area contributed by atoms with Gasteiger partial charge >= 0.3 is 0 Å². The highest BCUT2D eigenvalue weighted by Crippen LogP contribution is 2.06. The van der Waals surface area contributed by atoms with Crippen LogP contribution in [0.2, 0.25) is 0 Å². The van der Waals surface area contributed by atoms with Gasteiger partial charge in [-0.05, 0) is 6.92 Å². The van der Waals surface area contributed by atoms with Gasteiger partial charge in [-0.3, -0.25) is 5.10 Å². The van der Waals surface area contributed by atoms with E-state index in [9.17, 15) is 0 Å². The SMILES string of the molecule is C[C@H](N)c1nc(N(C)C)n[nH]1. The summed E-state index contributed by atoms with van der Waals surface area (Å²) in [5, 5.41) is 6.71. The predicted molar refractivity (Wildman–Crippen MR) is 43.3 cm³/mol. The monoisotopic (exact) mass is 155 g/mol. The molecule has 0 radical (unpaired) electrons.